The van der Waals surface area contributed by atoms with E-state index in [9.17, 15) is 19.2 Å². The molecule has 2 N–H and O–H groups in total. The van der Waals surface area contributed by atoms with Crippen LogP contribution in [0.2, 0.25) is 0 Å². The summed E-state index contributed by atoms with van der Waals surface area (Å²) in [6.07, 6.45) is 1.85. The average Bonchev–Trinajstić information content (AvgIpc) is 3.27. The third kappa shape index (κ3) is 4.72. The predicted octanol–water partition coefficient (Wildman–Crippen LogP) is 2.21. The summed E-state index contributed by atoms with van der Waals surface area (Å²) in [6, 6.07) is 6.36. The van der Waals surface area contributed by atoms with Gasteiger partial charge in [0.05, 0.1) is 13.0 Å². The number of carbonyl (C=O) groups excluding carboxylic acids is 4. The SMILES string of the molecule is CCOc1ccc(NC(=O)[C@@H](C)OC(=O)CCN2C(=O)NC3(CCCC3)C2=O)cc1. The number of benzene rings is 1. The summed E-state index contributed by atoms with van der Waals surface area (Å²) in [5.74, 6) is -0.723. The third-order valence-electron chi connectivity index (χ3n) is 5.35. The van der Waals surface area contributed by atoms with E-state index in [1.807, 2.05) is 6.92 Å². The Labute approximate surface area is 175 Å². The number of ether oxygens (including phenoxy) is 2. The first-order valence-corrected chi connectivity index (χ1v) is 10.2. The van der Waals surface area contributed by atoms with Crippen molar-refractivity contribution in [3.8, 4) is 5.75 Å². The molecule has 2 aliphatic rings. The molecule has 1 heterocycles. The van der Waals surface area contributed by atoms with Crippen LogP contribution in [0.1, 0.15) is 46.0 Å². The lowest BCUT2D eigenvalue weighted by Crippen LogP contribution is -2.44. The Bertz CT molecular complexity index is 817. The van der Waals surface area contributed by atoms with Gasteiger partial charge in [0.1, 0.15) is 11.3 Å². The van der Waals surface area contributed by atoms with Crippen LogP contribution in [-0.4, -0.2) is 53.5 Å². The van der Waals surface area contributed by atoms with Crippen molar-refractivity contribution >= 4 is 29.5 Å². The zero-order chi connectivity index (χ0) is 21.7. The molecule has 0 aromatic heterocycles. The average molecular weight is 417 g/mol. The fraction of sp³-hybridized carbons (Fsp3) is 0.524. The molecule has 9 heteroatoms. The minimum atomic E-state index is -1.02. The van der Waals surface area contributed by atoms with Gasteiger partial charge in [-0.25, -0.2) is 4.79 Å². The Morgan fingerprint density at radius 1 is 1.20 bits per heavy atom. The molecule has 1 aliphatic carbocycles. The summed E-state index contributed by atoms with van der Waals surface area (Å²) in [7, 11) is 0. The topological polar surface area (TPSA) is 114 Å². The van der Waals surface area contributed by atoms with Gasteiger partial charge in [0.15, 0.2) is 6.10 Å². The van der Waals surface area contributed by atoms with Gasteiger partial charge in [0.25, 0.3) is 11.8 Å². The molecular weight excluding hydrogens is 390 g/mol. The Morgan fingerprint density at radius 2 is 1.87 bits per heavy atom. The summed E-state index contributed by atoms with van der Waals surface area (Å²) >= 11 is 0. The number of nitrogens with zero attached hydrogens (tertiary/aromatic N) is 1. The molecule has 162 valence electrons. The summed E-state index contributed by atoms with van der Waals surface area (Å²) in [4.78, 5) is 50.1. The predicted molar refractivity (Wildman–Crippen MR) is 108 cm³/mol. The molecular formula is C21H27N3O6. The number of amides is 4. The van der Waals surface area contributed by atoms with E-state index in [-0.39, 0.29) is 18.9 Å². The first-order valence-electron chi connectivity index (χ1n) is 10.2. The zero-order valence-electron chi connectivity index (χ0n) is 17.2. The van der Waals surface area contributed by atoms with E-state index in [1.165, 1.54) is 6.92 Å². The lowest BCUT2D eigenvalue weighted by atomic mass is 9.98. The second-order valence-corrected chi connectivity index (χ2v) is 7.50. The van der Waals surface area contributed by atoms with E-state index in [4.69, 9.17) is 9.47 Å². The molecule has 0 radical (unpaired) electrons. The van der Waals surface area contributed by atoms with E-state index < -0.39 is 29.6 Å². The maximum atomic E-state index is 12.6. The number of urea groups is 1. The molecule has 1 saturated heterocycles. The number of hydrogen-bond donors (Lipinski definition) is 2. The minimum absolute atomic E-state index is 0.0710. The van der Waals surface area contributed by atoms with Gasteiger partial charge in [-0.1, -0.05) is 12.8 Å². The van der Waals surface area contributed by atoms with Crippen molar-refractivity contribution in [3.05, 3.63) is 24.3 Å². The normalized spacial score (nSPS) is 18.3. The highest BCUT2D eigenvalue weighted by atomic mass is 16.5. The van der Waals surface area contributed by atoms with Crippen LogP contribution in [0.3, 0.4) is 0 Å². The molecule has 0 bridgehead atoms. The van der Waals surface area contributed by atoms with Gasteiger partial charge in [-0.3, -0.25) is 19.3 Å². The summed E-state index contributed by atoms with van der Waals surface area (Å²) in [5.41, 5.74) is -0.251. The number of hydrogen-bond acceptors (Lipinski definition) is 6. The first kappa shape index (κ1) is 21.6. The van der Waals surface area contributed by atoms with E-state index in [1.54, 1.807) is 24.3 Å². The van der Waals surface area contributed by atoms with Crippen molar-refractivity contribution in [2.75, 3.05) is 18.5 Å². The number of nitrogens with one attached hydrogen (secondary N) is 2. The Kier molecular flexibility index (Phi) is 6.59. The molecule has 1 aromatic carbocycles. The molecule has 1 spiro atoms. The van der Waals surface area contributed by atoms with Crippen molar-refractivity contribution in [3.63, 3.8) is 0 Å². The van der Waals surface area contributed by atoms with Crippen LogP contribution >= 0.6 is 0 Å². The third-order valence-corrected chi connectivity index (χ3v) is 5.35. The Hall–Kier alpha value is -3.10. The molecule has 3 rings (SSSR count). The second-order valence-electron chi connectivity index (χ2n) is 7.50. The second kappa shape index (κ2) is 9.15. The number of carbonyl (C=O) groups is 4. The van der Waals surface area contributed by atoms with Gasteiger partial charge >= 0.3 is 12.0 Å². The molecule has 0 unspecified atom stereocenters. The van der Waals surface area contributed by atoms with Crippen LogP contribution in [0.15, 0.2) is 24.3 Å². The standard InChI is InChI=1S/C21H27N3O6/c1-3-29-16-8-6-15(7-9-16)22-18(26)14(2)30-17(25)10-13-24-19(27)21(23-20(24)28)11-4-5-12-21/h6-9,14H,3-5,10-13H2,1-2H3,(H,22,26)(H,23,28)/t14-/m1/s1. The quantitative estimate of drug-likeness (QED) is 0.495. The van der Waals surface area contributed by atoms with Crippen LogP contribution in [0, 0.1) is 0 Å². The molecule has 30 heavy (non-hydrogen) atoms. The van der Waals surface area contributed by atoms with Crippen molar-refractivity contribution in [1.29, 1.82) is 0 Å². The molecule has 4 amide bonds. The van der Waals surface area contributed by atoms with Gasteiger partial charge in [-0.2, -0.15) is 0 Å². The molecule has 1 aromatic rings. The number of rotatable bonds is 8. The van der Waals surface area contributed by atoms with Gasteiger partial charge in [0.2, 0.25) is 0 Å². The largest absolute Gasteiger partial charge is 0.494 e. The van der Waals surface area contributed by atoms with Crippen molar-refractivity contribution in [2.24, 2.45) is 0 Å². The highest BCUT2D eigenvalue weighted by Crippen LogP contribution is 2.35. The summed E-state index contributed by atoms with van der Waals surface area (Å²) in [6.45, 7) is 3.82. The minimum Gasteiger partial charge on any atom is -0.494 e. The van der Waals surface area contributed by atoms with E-state index in [0.29, 0.717) is 30.9 Å². The van der Waals surface area contributed by atoms with Gasteiger partial charge in [-0.15, -0.1) is 0 Å². The van der Waals surface area contributed by atoms with Gasteiger partial charge in [-0.05, 0) is 51.0 Å². The van der Waals surface area contributed by atoms with Crippen LogP contribution in [-0.2, 0) is 19.1 Å². The number of esters is 1. The van der Waals surface area contributed by atoms with E-state index in [0.717, 1.165) is 17.7 Å². The lowest BCUT2D eigenvalue weighted by molar-refractivity contribution is -0.153. The zero-order valence-corrected chi connectivity index (χ0v) is 17.2. The maximum absolute atomic E-state index is 12.6. The van der Waals surface area contributed by atoms with Crippen molar-refractivity contribution in [1.82, 2.24) is 10.2 Å². The smallest absolute Gasteiger partial charge is 0.325 e. The summed E-state index contributed by atoms with van der Waals surface area (Å²) < 4.78 is 10.5. The lowest BCUT2D eigenvalue weighted by Gasteiger charge is -2.20. The molecule has 1 saturated carbocycles. The van der Waals surface area contributed by atoms with Crippen LogP contribution in [0.5, 0.6) is 5.75 Å². The van der Waals surface area contributed by atoms with Gasteiger partial charge in [0, 0.05) is 12.2 Å². The first-order chi connectivity index (χ1) is 14.3. The van der Waals surface area contributed by atoms with Crippen LogP contribution in [0.25, 0.3) is 0 Å². The Balaban J connectivity index is 1.45. The van der Waals surface area contributed by atoms with Crippen molar-refractivity contribution in [2.45, 2.75) is 57.6 Å². The monoisotopic (exact) mass is 417 g/mol. The van der Waals surface area contributed by atoms with Gasteiger partial charge < -0.3 is 20.1 Å². The number of imide groups is 1. The fourth-order valence-electron chi connectivity index (χ4n) is 3.75. The Morgan fingerprint density at radius 3 is 2.50 bits per heavy atom. The molecule has 2 fully saturated rings. The molecule has 9 nitrogen and oxygen atoms in total. The maximum Gasteiger partial charge on any atom is 0.325 e. The van der Waals surface area contributed by atoms with Crippen LogP contribution < -0.4 is 15.4 Å². The highest BCUT2D eigenvalue weighted by molar-refractivity contribution is 6.07. The molecule has 1 atom stereocenters. The summed E-state index contributed by atoms with van der Waals surface area (Å²) in [5, 5.41) is 5.42. The molecule has 1 aliphatic heterocycles. The van der Waals surface area contributed by atoms with E-state index >= 15 is 0 Å². The number of anilines is 1. The highest BCUT2D eigenvalue weighted by Gasteiger charge is 2.52. The van der Waals surface area contributed by atoms with Crippen LogP contribution in [0.4, 0.5) is 10.5 Å². The van der Waals surface area contributed by atoms with Crippen molar-refractivity contribution < 1.29 is 28.7 Å². The van der Waals surface area contributed by atoms with E-state index in [2.05, 4.69) is 10.6 Å². The fourth-order valence-corrected chi connectivity index (χ4v) is 3.75.